The summed E-state index contributed by atoms with van der Waals surface area (Å²) in [5.41, 5.74) is 9.09. The van der Waals surface area contributed by atoms with E-state index in [1.54, 1.807) is 0 Å². The molecule has 0 aliphatic carbocycles. The minimum absolute atomic E-state index is 0.275. The van der Waals surface area contributed by atoms with Crippen LogP contribution in [0.25, 0.3) is 11.1 Å². The van der Waals surface area contributed by atoms with Crippen LogP contribution in [0.1, 0.15) is 54.1 Å². The van der Waals surface area contributed by atoms with E-state index < -0.39 is 0 Å². The van der Waals surface area contributed by atoms with E-state index in [-0.39, 0.29) is 6.04 Å². The first kappa shape index (κ1) is 21.1. The van der Waals surface area contributed by atoms with Crippen LogP contribution in [-0.4, -0.2) is 6.61 Å². The van der Waals surface area contributed by atoms with E-state index in [1.807, 2.05) is 0 Å². The fourth-order valence-electron chi connectivity index (χ4n) is 3.68. The molecule has 2 nitrogen and oxygen atoms in total. The summed E-state index contributed by atoms with van der Waals surface area (Å²) < 4.78 is 5.76. The summed E-state index contributed by atoms with van der Waals surface area (Å²) in [5, 5.41) is 3.71. The Morgan fingerprint density at radius 3 is 2.38 bits per heavy atom. The Bertz CT molecular complexity index is 961. The molecule has 0 bridgehead atoms. The zero-order valence-corrected chi connectivity index (χ0v) is 18.4. The minimum Gasteiger partial charge on any atom is -0.494 e. The van der Waals surface area contributed by atoms with Gasteiger partial charge in [0.1, 0.15) is 5.75 Å². The summed E-state index contributed by atoms with van der Waals surface area (Å²) in [6, 6.07) is 22.2. The second-order valence-electron chi connectivity index (χ2n) is 7.98. The third-order valence-electron chi connectivity index (χ3n) is 5.48. The van der Waals surface area contributed by atoms with E-state index in [4.69, 9.17) is 4.74 Å². The molecule has 3 aromatic carbocycles. The number of hydrogen-bond acceptors (Lipinski definition) is 2. The molecule has 0 aliphatic rings. The van der Waals surface area contributed by atoms with Crippen LogP contribution in [0.5, 0.6) is 5.75 Å². The SMILES string of the molecule is CCCOc1ccc(C(C)NCc2cc(-c3cccc(C)c3)ccc2C)c(C)c1. The van der Waals surface area contributed by atoms with Gasteiger partial charge >= 0.3 is 0 Å². The molecule has 0 aromatic heterocycles. The number of rotatable bonds is 8. The van der Waals surface area contributed by atoms with E-state index in [9.17, 15) is 0 Å². The lowest BCUT2D eigenvalue weighted by Gasteiger charge is -2.19. The smallest absolute Gasteiger partial charge is 0.119 e. The summed E-state index contributed by atoms with van der Waals surface area (Å²) in [6.45, 7) is 12.5. The molecule has 0 amide bonds. The van der Waals surface area contributed by atoms with E-state index in [1.165, 1.54) is 38.9 Å². The van der Waals surface area contributed by atoms with Crippen LogP contribution >= 0.6 is 0 Å². The van der Waals surface area contributed by atoms with Gasteiger partial charge in [0, 0.05) is 12.6 Å². The van der Waals surface area contributed by atoms with Crippen LogP contribution < -0.4 is 10.1 Å². The summed E-state index contributed by atoms with van der Waals surface area (Å²) in [6.07, 6.45) is 1.03. The Balaban J connectivity index is 1.71. The summed E-state index contributed by atoms with van der Waals surface area (Å²) in [5.74, 6) is 0.960. The molecule has 3 rings (SSSR count). The Morgan fingerprint density at radius 2 is 1.66 bits per heavy atom. The Kier molecular flexibility index (Phi) is 7.11. The highest BCUT2D eigenvalue weighted by atomic mass is 16.5. The highest BCUT2D eigenvalue weighted by molar-refractivity contribution is 5.65. The van der Waals surface area contributed by atoms with Gasteiger partial charge in [0.05, 0.1) is 6.61 Å². The van der Waals surface area contributed by atoms with E-state index in [2.05, 4.69) is 101 Å². The number of ether oxygens (including phenoxy) is 1. The van der Waals surface area contributed by atoms with Gasteiger partial charge in [-0.2, -0.15) is 0 Å². The number of hydrogen-bond donors (Lipinski definition) is 1. The molecule has 29 heavy (non-hydrogen) atoms. The predicted molar refractivity (Wildman–Crippen MR) is 124 cm³/mol. The largest absolute Gasteiger partial charge is 0.494 e. The van der Waals surface area contributed by atoms with Gasteiger partial charge in [-0.1, -0.05) is 55.0 Å². The normalized spacial score (nSPS) is 12.0. The van der Waals surface area contributed by atoms with Gasteiger partial charge in [0.2, 0.25) is 0 Å². The van der Waals surface area contributed by atoms with Crippen molar-refractivity contribution in [3.8, 4) is 16.9 Å². The maximum Gasteiger partial charge on any atom is 0.119 e. The monoisotopic (exact) mass is 387 g/mol. The third-order valence-corrected chi connectivity index (χ3v) is 5.48. The zero-order valence-electron chi connectivity index (χ0n) is 18.4. The van der Waals surface area contributed by atoms with Crippen molar-refractivity contribution in [2.75, 3.05) is 6.61 Å². The van der Waals surface area contributed by atoms with Crippen LogP contribution in [0.4, 0.5) is 0 Å². The molecule has 0 radical (unpaired) electrons. The second-order valence-corrected chi connectivity index (χ2v) is 7.98. The molecular weight excluding hydrogens is 354 g/mol. The minimum atomic E-state index is 0.275. The van der Waals surface area contributed by atoms with Crippen molar-refractivity contribution >= 4 is 0 Å². The Hall–Kier alpha value is -2.58. The Labute approximate surface area is 175 Å². The molecule has 0 fully saturated rings. The molecule has 0 heterocycles. The summed E-state index contributed by atoms with van der Waals surface area (Å²) >= 11 is 0. The first-order valence-electron chi connectivity index (χ1n) is 10.6. The number of aryl methyl sites for hydroxylation is 3. The van der Waals surface area contributed by atoms with Crippen molar-refractivity contribution in [2.24, 2.45) is 0 Å². The van der Waals surface area contributed by atoms with Crippen molar-refractivity contribution in [3.05, 3.63) is 88.5 Å². The van der Waals surface area contributed by atoms with Gasteiger partial charge in [0.25, 0.3) is 0 Å². The lowest BCUT2D eigenvalue weighted by Crippen LogP contribution is -2.19. The quantitative estimate of drug-likeness (QED) is 0.453. The first-order valence-corrected chi connectivity index (χ1v) is 10.6. The highest BCUT2D eigenvalue weighted by Crippen LogP contribution is 2.26. The van der Waals surface area contributed by atoms with Crippen molar-refractivity contribution < 1.29 is 4.74 Å². The maximum atomic E-state index is 5.76. The number of benzene rings is 3. The molecule has 1 unspecified atom stereocenters. The van der Waals surface area contributed by atoms with Gasteiger partial charge in [-0.15, -0.1) is 0 Å². The second kappa shape index (κ2) is 9.76. The Morgan fingerprint density at radius 1 is 0.862 bits per heavy atom. The number of nitrogens with one attached hydrogen (secondary N) is 1. The van der Waals surface area contributed by atoms with Crippen LogP contribution in [0.3, 0.4) is 0 Å². The molecule has 2 heteroatoms. The van der Waals surface area contributed by atoms with Gasteiger partial charge in [-0.05, 0) is 85.7 Å². The standard InChI is InChI=1S/C27H33NO/c1-6-14-29-26-12-13-27(21(4)16-26)22(5)28-18-25-17-24(11-10-20(25)3)23-9-7-8-19(2)15-23/h7-13,15-17,22,28H,6,14,18H2,1-5H3. The molecular formula is C27H33NO. The first-order chi connectivity index (χ1) is 14.0. The lowest BCUT2D eigenvalue weighted by molar-refractivity contribution is 0.317. The van der Waals surface area contributed by atoms with E-state index in [0.29, 0.717) is 0 Å². The molecule has 1 N–H and O–H groups in total. The van der Waals surface area contributed by atoms with Gasteiger partial charge < -0.3 is 10.1 Å². The molecule has 0 saturated carbocycles. The summed E-state index contributed by atoms with van der Waals surface area (Å²) in [4.78, 5) is 0. The van der Waals surface area contributed by atoms with Crippen molar-refractivity contribution in [1.82, 2.24) is 5.32 Å². The van der Waals surface area contributed by atoms with Crippen molar-refractivity contribution in [3.63, 3.8) is 0 Å². The third kappa shape index (κ3) is 5.48. The fraction of sp³-hybridized carbons (Fsp3) is 0.333. The molecule has 0 spiro atoms. The molecule has 0 saturated heterocycles. The molecule has 0 aliphatic heterocycles. The average Bonchev–Trinajstić information content (AvgIpc) is 2.71. The topological polar surface area (TPSA) is 21.3 Å². The van der Waals surface area contributed by atoms with Crippen LogP contribution in [0, 0.1) is 20.8 Å². The van der Waals surface area contributed by atoms with Crippen LogP contribution in [0.15, 0.2) is 60.7 Å². The van der Waals surface area contributed by atoms with Crippen LogP contribution in [-0.2, 0) is 6.54 Å². The van der Waals surface area contributed by atoms with Crippen molar-refractivity contribution in [1.29, 1.82) is 0 Å². The molecule has 1 atom stereocenters. The van der Waals surface area contributed by atoms with Gasteiger partial charge in [0.15, 0.2) is 0 Å². The molecule has 3 aromatic rings. The zero-order chi connectivity index (χ0) is 20.8. The lowest BCUT2D eigenvalue weighted by atomic mass is 9.98. The summed E-state index contributed by atoms with van der Waals surface area (Å²) in [7, 11) is 0. The van der Waals surface area contributed by atoms with E-state index >= 15 is 0 Å². The maximum absolute atomic E-state index is 5.76. The average molecular weight is 388 g/mol. The van der Waals surface area contributed by atoms with Gasteiger partial charge in [-0.3, -0.25) is 0 Å². The predicted octanol–water partition coefficient (Wildman–Crippen LogP) is 6.92. The van der Waals surface area contributed by atoms with Crippen molar-refractivity contribution in [2.45, 2.75) is 53.6 Å². The molecule has 152 valence electrons. The fourth-order valence-corrected chi connectivity index (χ4v) is 3.68. The van der Waals surface area contributed by atoms with Gasteiger partial charge in [-0.25, -0.2) is 0 Å². The van der Waals surface area contributed by atoms with E-state index in [0.717, 1.165) is 25.3 Å². The van der Waals surface area contributed by atoms with Crippen LogP contribution in [0.2, 0.25) is 0 Å². The highest BCUT2D eigenvalue weighted by Gasteiger charge is 2.10.